The Bertz CT molecular complexity index is 760. The van der Waals surface area contributed by atoms with Gasteiger partial charge < -0.3 is 5.11 Å². The summed E-state index contributed by atoms with van der Waals surface area (Å²) in [7, 11) is 0. The van der Waals surface area contributed by atoms with Crippen LogP contribution in [0, 0.1) is 10.1 Å². The number of aromatic hydroxyl groups is 1. The molecule has 2 aromatic carbocycles. The molecule has 0 unspecified atom stereocenters. The number of phenols is 1. The van der Waals surface area contributed by atoms with Gasteiger partial charge in [-0.2, -0.15) is 5.10 Å². The van der Waals surface area contributed by atoms with Gasteiger partial charge in [-0.05, 0) is 23.8 Å². The number of nitro groups is 1. The van der Waals surface area contributed by atoms with E-state index >= 15 is 0 Å². The van der Waals surface area contributed by atoms with E-state index in [0.29, 0.717) is 11.1 Å². The monoisotopic (exact) mass is 377 g/mol. The molecule has 1 amide bonds. The number of amides is 1. The van der Waals surface area contributed by atoms with E-state index in [1.54, 1.807) is 12.1 Å². The highest BCUT2D eigenvalue weighted by Crippen LogP contribution is 2.19. The molecule has 23 heavy (non-hydrogen) atoms. The van der Waals surface area contributed by atoms with Crippen LogP contribution in [-0.4, -0.2) is 22.2 Å². The number of benzene rings is 2. The Kier molecular flexibility index (Phi) is 5.42. The second-order valence-corrected chi connectivity index (χ2v) is 5.51. The highest BCUT2D eigenvalue weighted by atomic mass is 79.9. The normalized spacial score (nSPS) is 10.7. The SMILES string of the molecule is O=C(Cc1ccc([N+](=O)[O-])cc1)N/N=C\c1cc(Br)ccc1O. The maximum Gasteiger partial charge on any atom is 0.269 e. The van der Waals surface area contributed by atoms with Crippen molar-refractivity contribution < 1.29 is 14.8 Å². The molecule has 8 heteroatoms. The third-order valence-corrected chi connectivity index (χ3v) is 3.39. The van der Waals surface area contributed by atoms with Crippen molar-refractivity contribution in [1.29, 1.82) is 0 Å². The van der Waals surface area contributed by atoms with Crippen LogP contribution in [-0.2, 0) is 11.2 Å². The molecular weight excluding hydrogens is 366 g/mol. The van der Waals surface area contributed by atoms with Gasteiger partial charge in [-0.15, -0.1) is 0 Å². The molecule has 0 saturated carbocycles. The molecule has 0 atom stereocenters. The zero-order valence-corrected chi connectivity index (χ0v) is 13.4. The van der Waals surface area contributed by atoms with E-state index in [1.165, 1.54) is 36.5 Å². The number of hydrazone groups is 1. The summed E-state index contributed by atoms with van der Waals surface area (Å²) in [5.41, 5.74) is 3.39. The second-order valence-electron chi connectivity index (χ2n) is 4.60. The van der Waals surface area contributed by atoms with Crippen molar-refractivity contribution in [3.8, 4) is 5.75 Å². The highest BCUT2D eigenvalue weighted by Gasteiger charge is 2.07. The van der Waals surface area contributed by atoms with Gasteiger partial charge in [0.1, 0.15) is 5.75 Å². The van der Waals surface area contributed by atoms with Gasteiger partial charge in [-0.25, -0.2) is 5.43 Å². The highest BCUT2D eigenvalue weighted by molar-refractivity contribution is 9.10. The first-order chi connectivity index (χ1) is 11.0. The number of non-ortho nitro benzene ring substituents is 1. The first-order valence-corrected chi connectivity index (χ1v) is 7.29. The van der Waals surface area contributed by atoms with Crippen molar-refractivity contribution in [3.05, 3.63) is 68.2 Å². The van der Waals surface area contributed by atoms with Gasteiger partial charge in [-0.1, -0.05) is 28.1 Å². The third-order valence-electron chi connectivity index (χ3n) is 2.89. The number of halogens is 1. The van der Waals surface area contributed by atoms with Crippen LogP contribution in [0.5, 0.6) is 5.75 Å². The lowest BCUT2D eigenvalue weighted by Crippen LogP contribution is -2.19. The van der Waals surface area contributed by atoms with Gasteiger partial charge in [0.15, 0.2) is 0 Å². The van der Waals surface area contributed by atoms with Crippen molar-refractivity contribution in [2.75, 3.05) is 0 Å². The van der Waals surface area contributed by atoms with Crippen molar-refractivity contribution in [2.24, 2.45) is 5.10 Å². The lowest BCUT2D eigenvalue weighted by atomic mass is 10.1. The van der Waals surface area contributed by atoms with Crippen molar-refractivity contribution in [3.63, 3.8) is 0 Å². The molecule has 0 aromatic heterocycles. The summed E-state index contributed by atoms with van der Waals surface area (Å²) in [5, 5.41) is 23.9. The molecule has 0 radical (unpaired) electrons. The van der Waals surface area contributed by atoms with E-state index in [2.05, 4.69) is 26.5 Å². The number of phenolic OH excluding ortho intramolecular Hbond substituents is 1. The molecule has 118 valence electrons. The summed E-state index contributed by atoms with van der Waals surface area (Å²) in [6, 6.07) is 10.5. The minimum Gasteiger partial charge on any atom is -0.507 e. The van der Waals surface area contributed by atoms with Crippen LogP contribution in [0.25, 0.3) is 0 Å². The van der Waals surface area contributed by atoms with E-state index in [1.807, 2.05) is 0 Å². The van der Waals surface area contributed by atoms with Gasteiger partial charge in [0, 0.05) is 22.2 Å². The predicted octanol–water partition coefficient (Wildman–Crippen LogP) is 2.76. The van der Waals surface area contributed by atoms with E-state index in [-0.39, 0.29) is 23.8 Å². The number of nitrogens with one attached hydrogen (secondary N) is 1. The molecule has 0 spiro atoms. The summed E-state index contributed by atoms with van der Waals surface area (Å²) in [6.07, 6.45) is 1.37. The van der Waals surface area contributed by atoms with Crippen LogP contribution < -0.4 is 5.43 Å². The largest absolute Gasteiger partial charge is 0.507 e. The number of rotatable bonds is 5. The van der Waals surface area contributed by atoms with Gasteiger partial charge in [0.2, 0.25) is 5.91 Å². The molecule has 2 N–H and O–H groups in total. The van der Waals surface area contributed by atoms with Crippen LogP contribution in [0.4, 0.5) is 5.69 Å². The van der Waals surface area contributed by atoms with E-state index in [4.69, 9.17) is 0 Å². The standard InChI is InChI=1S/C15H12BrN3O4/c16-12-3-6-14(20)11(8-12)9-17-18-15(21)7-10-1-4-13(5-2-10)19(22)23/h1-6,8-9,20H,7H2,(H,18,21)/b17-9-. The number of carbonyl (C=O) groups excluding carboxylic acids is 1. The number of carbonyl (C=O) groups is 1. The fraction of sp³-hybridized carbons (Fsp3) is 0.0667. The Balaban J connectivity index is 1.93. The third kappa shape index (κ3) is 4.89. The average molecular weight is 378 g/mol. The lowest BCUT2D eigenvalue weighted by Gasteiger charge is -2.01. The van der Waals surface area contributed by atoms with Gasteiger partial charge in [0.05, 0.1) is 17.6 Å². The van der Waals surface area contributed by atoms with Crippen molar-refractivity contribution in [1.82, 2.24) is 5.43 Å². The van der Waals surface area contributed by atoms with Crippen molar-refractivity contribution in [2.45, 2.75) is 6.42 Å². The molecule has 2 aromatic rings. The number of nitrogens with zero attached hydrogens (tertiary/aromatic N) is 2. The fourth-order valence-corrected chi connectivity index (χ4v) is 2.14. The Labute approximate surface area is 139 Å². The first kappa shape index (κ1) is 16.6. The summed E-state index contributed by atoms with van der Waals surface area (Å²) in [5.74, 6) is -0.328. The Morgan fingerprint density at radius 1 is 1.30 bits per heavy atom. The van der Waals surface area contributed by atoms with Crippen molar-refractivity contribution >= 4 is 33.7 Å². The van der Waals surface area contributed by atoms with Gasteiger partial charge in [-0.3, -0.25) is 14.9 Å². The van der Waals surface area contributed by atoms with Crippen LogP contribution in [0.3, 0.4) is 0 Å². The minimum absolute atomic E-state index is 0.0303. The number of hydrogen-bond acceptors (Lipinski definition) is 5. The quantitative estimate of drug-likeness (QED) is 0.474. The summed E-state index contributed by atoms with van der Waals surface area (Å²) in [6.45, 7) is 0. The summed E-state index contributed by atoms with van der Waals surface area (Å²) < 4.78 is 0.772. The molecule has 0 aliphatic carbocycles. The Hall–Kier alpha value is -2.74. The maximum absolute atomic E-state index is 11.7. The molecule has 2 rings (SSSR count). The van der Waals surface area contributed by atoms with E-state index in [9.17, 15) is 20.0 Å². The zero-order chi connectivity index (χ0) is 16.8. The molecule has 7 nitrogen and oxygen atoms in total. The molecule has 0 heterocycles. The fourth-order valence-electron chi connectivity index (χ4n) is 1.76. The predicted molar refractivity (Wildman–Crippen MR) is 88.3 cm³/mol. The topological polar surface area (TPSA) is 105 Å². The molecular formula is C15H12BrN3O4. The summed E-state index contributed by atoms with van der Waals surface area (Å²) >= 11 is 3.27. The Morgan fingerprint density at radius 3 is 2.65 bits per heavy atom. The summed E-state index contributed by atoms with van der Waals surface area (Å²) in [4.78, 5) is 21.8. The smallest absolute Gasteiger partial charge is 0.269 e. The van der Waals surface area contributed by atoms with Gasteiger partial charge in [0.25, 0.3) is 5.69 Å². The number of nitro benzene ring substituents is 1. The van der Waals surface area contributed by atoms with Crippen LogP contribution in [0.15, 0.2) is 52.0 Å². The van der Waals surface area contributed by atoms with E-state index in [0.717, 1.165) is 4.47 Å². The van der Waals surface area contributed by atoms with Crippen LogP contribution >= 0.6 is 15.9 Å². The molecule has 0 aliphatic rings. The Morgan fingerprint density at radius 2 is 2.00 bits per heavy atom. The maximum atomic E-state index is 11.7. The second kappa shape index (κ2) is 7.50. The van der Waals surface area contributed by atoms with Crippen LogP contribution in [0.2, 0.25) is 0 Å². The van der Waals surface area contributed by atoms with E-state index < -0.39 is 4.92 Å². The first-order valence-electron chi connectivity index (χ1n) is 6.49. The lowest BCUT2D eigenvalue weighted by molar-refractivity contribution is -0.384. The minimum atomic E-state index is -0.501. The molecule has 0 aliphatic heterocycles. The van der Waals surface area contributed by atoms with Gasteiger partial charge >= 0.3 is 0 Å². The molecule has 0 bridgehead atoms. The van der Waals surface area contributed by atoms with Crippen LogP contribution in [0.1, 0.15) is 11.1 Å². The molecule has 0 saturated heterocycles. The zero-order valence-electron chi connectivity index (χ0n) is 11.8. The number of hydrogen-bond donors (Lipinski definition) is 2. The average Bonchev–Trinajstić information content (AvgIpc) is 2.51. The molecule has 0 fully saturated rings.